The third kappa shape index (κ3) is 4.26. The van der Waals surface area contributed by atoms with Gasteiger partial charge in [-0.25, -0.2) is 14.6 Å². The lowest BCUT2D eigenvalue weighted by atomic mass is 10.2. The molecule has 0 spiro atoms. The van der Waals surface area contributed by atoms with Crippen molar-refractivity contribution >= 4 is 23.5 Å². The Kier molecular flexibility index (Phi) is 4.89. The molecule has 0 aliphatic rings. The quantitative estimate of drug-likeness (QED) is 0.685. The van der Waals surface area contributed by atoms with Gasteiger partial charge in [-0.1, -0.05) is 11.6 Å². The van der Waals surface area contributed by atoms with E-state index in [9.17, 15) is 0 Å². The van der Waals surface area contributed by atoms with Gasteiger partial charge >= 0.3 is 11.9 Å². The summed E-state index contributed by atoms with van der Waals surface area (Å²) in [6, 6.07) is 7.56. The van der Waals surface area contributed by atoms with E-state index in [1.54, 1.807) is 12.4 Å². The lowest BCUT2D eigenvalue weighted by molar-refractivity contribution is -0.159. The van der Waals surface area contributed by atoms with Gasteiger partial charge in [0.05, 0.1) is 0 Å². The largest absolute Gasteiger partial charge is 0.473 e. The third-order valence-corrected chi connectivity index (χ3v) is 2.05. The van der Waals surface area contributed by atoms with Crippen LogP contribution < -0.4 is 0 Å². The number of benzene rings is 1. The summed E-state index contributed by atoms with van der Waals surface area (Å²) in [6.07, 6.45) is 3.52. The molecule has 0 aliphatic carbocycles. The molecule has 2 rings (SSSR count). The second-order valence-electron chi connectivity index (χ2n) is 3.05. The summed E-state index contributed by atoms with van der Waals surface area (Å²) in [4.78, 5) is 25.3. The fourth-order valence-corrected chi connectivity index (χ4v) is 1.16. The highest BCUT2D eigenvalue weighted by atomic mass is 35.5. The highest BCUT2D eigenvalue weighted by Crippen LogP contribution is 2.17. The molecule has 3 N–H and O–H groups in total. The van der Waals surface area contributed by atoms with Crippen molar-refractivity contribution in [3.63, 3.8) is 0 Å². The highest BCUT2D eigenvalue weighted by molar-refractivity contribution is 6.30. The summed E-state index contributed by atoms with van der Waals surface area (Å²) < 4.78 is 0. The molecule has 1 aromatic heterocycles. The molecular weight excluding hydrogens is 260 g/mol. The Morgan fingerprint density at radius 3 is 2.06 bits per heavy atom. The second kappa shape index (κ2) is 6.41. The molecule has 18 heavy (non-hydrogen) atoms. The summed E-state index contributed by atoms with van der Waals surface area (Å²) in [7, 11) is 0. The SMILES string of the molecule is Clc1ccc(-c2ncc[nH]2)cc1.O=C(O)C(=O)O. The molecule has 0 aliphatic heterocycles. The Morgan fingerprint density at radius 1 is 1.11 bits per heavy atom. The summed E-state index contributed by atoms with van der Waals surface area (Å²) in [5.74, 6) is -2.78. The van der Waals surface area contributed by atoms with Crippen LogP contribution in [0.2, 0.25) is 5.02 Å². The van der Waals surface area contributed by atoms with Crippen LogP contribution in [0.1, 0.15) is 0 Å². The van der Waals surface area contributed by atoms with Gasteiger partial charge in [0.15, 0.2) is 0 Å². The number of nitrogens with zero attached hydrogens (tertiary/aromatic N) is 1. The number of H-pyrrole nitrogens is 1. The smallest absolute Gasteiger partial charge is 0.414 e. The second-order valence-corrected chi connectivity index (χ2v) is 3.49. The Morgan fingerprint density at radius 2 is 1.67 bits per heavy atom. The average Bonchev–Trinajstić information content (AvgIpc) is 2.84. The van der Waals surface area contributed by atoms with E-state index < -0.39 is 11.9 Å². The van der Waals surface area contributed by atoms with E-state index in [0.29, 0.717) is 0 Å². The molecular formula is C11H9ClN2O4. The van der Waals surface area contributed by atoms with E-state index in [-0.39, 0.29) is 0 Å². The number of carbonyl (C=O) groups is 2. The summed E-state index contributed by atoms with van der Waals surface area (Å²) in [6.45, 7) is 0. The lowest BCUT2D eigenvalue weighted by Gasteiger charge is -1.95. The first kappa shape index (κ1) is 13.7. The average molecular weight is 269 g/mol. The van der Waals surface area contributed by atoms with Crippen molar-refractivity contribution in [1.29, 1.82) is 0 Å². The van der Waals surface area contributed by atoms with Crippen molar-refractivity contribution in [2.24, 2.45) is 0 Å². The van der Waals surface area contributed by atoms with Crippen molar-refractivity contribution in [2.45, 2.75) is 0 Å². The van der Waals surface area contributed by atoms with Crippen LogP contribution in [-0.4, -0.2) is 32.1 Å². The molecule has 94 valence electrons. The van der Waals surface area contributed by atoms with E-state index in [1.807, 2.05) is 24.3 Å². The van der Waals surface area contributed by atoms with Gasteiger partial charge in [-0.15, -0.1) is 0 Å². The topological polar surface area (TPSA) is 103 Å². The first-order valence-electron chi connectivity index (χ1n) is 4.72. The van der Waals surface area contributed by atoms with Crippen molar-refractivity contribution < 1.29 is 19.8 Å². The van der Waals surface area contributed by atoms with Crippen molar-refractivity contribution in [1.82, 2.24) is 9.97 Å². The predicted octanol–water partition coefficient (Wildman–Crippen LogP) is 1.89. The molecule has 0 amide bonds. The normalized spacial score (nSPS) is 9.17. The minimum atomic E-state index is -1.82. The molecule has 0 unspecified atom stereocenters. The first-order chi connectivity index (χ1) is 8.50. The molecule has 2 aromatic rings. The lowest BCUT2D eigenvalue weighted by Crippen LogP contribution is -2.09. The van der Waals surface area contributed by atoms with Crippen LogP contribution in [0.25, 0.3) is 11.4 Å². The van der Waals surface area contributed by atoms with Crippen LogP contribution in [0.4, 0.5) is 0 Å². The monoisotopic (exact) mass is 268 g/mol. The molecule has 7 heteroatoms. The summed E-state index contributed by atoms with van der Waals surface area (Å²) >= 11 is 5.74. The molecule has 0 fully saturated rings. The van der Waals surface area contributed by atoms with Crippen molar-refractivity contribution in [3.05, 3.63) is 41.7 Å². The predicted molar refractivity (Wildman–Crippen MR) is 64.3 cm³/mol. The van der Waals surface area contributed by atoms with Crippen LogP contribution in [0.15, 0.2) is 36.7 Å². The number of carboxylic acids is 2. The first-order valence-corrected chi connectivity index (χ1v) is 5.10. The molecule has 6 nitrogen and oxygen atoms in total. The van der Waals surface area contributed by atoms with Crippen LogP contribution >= 0.6 is 11.6 Å². The standard InChI is InChI=1S/C9H7ClN2.C2H2O4/c10-8-3-1-7(2-4-8)9-11-5-6-12-9;3-1(4)2(5)6/h1-6H,(H,11,12);(H,3,4)(H,5,6). The maximum atomic E-state index is 9.10. The number of aliphatic carboxylic acids is 2. The van der Waals surface area contributed by atoms with Gasteiger partial charge in [-0.05, 0) is 24.3 Å². The number of halogens is 1. The van der Waals surface area contributed by atoms with Crippen molar-refractivity contribution in [3.8, 4) is 11.4 Å². The number of aromatic nitrogens is 2. The van der Waals surface area contributed by atoms with E-state index in [1.165, 1.54) is 0 Å². The molecule has 0 radical (unpaired) electrons. The van der Waals surface area contributed by atoms with Crippen molar-refractivity contribution in [2.75, 3.05) is 0 Å². The minimum Gasteiger partial charge on any atom is -0.473 e. The van der Waals surface area contributed by atoms with Crippen LogP contribution in [-0.2, 0) is 9.59 Å². The van der Waals surface area contributed by atoms with Gasteiger partial charge in [-0.3, -0.25) is 0 Å². The molecule has 0 atom stereocenters. The van der Waals surface area contributed by atoms with Gasteiger partial charge in [0.25, 0.3) is 0 Å². The zero-order valence-corrected chi connectivity index (χ0v) is 9.76. The number of imidazole rings is 1. The molecule has 0 bridgehead atoms. The molecule has 0 saturated carbocycles. The molecule has 1 heterocycles. The fourth-order valence-electron chi connectivity index (χ4n) is 1.03. The minimum absolute atomic E-state index is 0.741. The van der Waals surface area contributed by atoms with E-state index in [4.69, 9.17) is 31.4 Å². The van der Waals surface area contributed by atoms with Gasteiger partial charge < -0.3 is 15.2 Å². The number of aromatic amines is 1. The zero-order valence-electron chi connectivity index (χ0n) is 9.00. The maximum absolute atomic E-state index is 9.10. The Bertz CT molecular complexity index is 510. The Labute approximate surface area is 107 Å². The van der Waals surface area contributed by atoms with Crippen LogP contribution in [0, 0.1) is 0 Å². The van der Waals surface area contributed by atoms with E-state index >= 15 is 0 Å². The molecule has 1 aromatic carbocycles. The number of carboxylic acid groups (broad SMARTS) is 2. The maximum Gasteiger partial charge on any atom is 0.414 e. The van der Waals surface area contributed by atoms with E-state index in [2.05, 4.69) is 9.97 Å². The summed E-state index contributed by atoms with van der Waals surface area (Å²) in [5.41, 5.74) is 1.05. The Hall–Kier alpha value is -2.34. The van der Waals surface area contributed by atoms with Gasteiger partial charge in [0.2, 0.25) is 0 Å². The fraction of sp³-hybridized carbons (Fsp3) is 0. The summed E-state index contributed by atoms with van der Waals surface area (Å²) in [5, 5.41) is 15.5. The Balaban J connectivity index is 0.000000232. The van der Waals surface area contributed by atoms with Gasteiger partial charge in [0, 0.05) is 23.0 Å². The number of hydrogen-bond donors (Lipinski definition) is 3. The van der Waals surface area contributed by atoms with E-state index in [0.717, 1.165) is 16.4 Å². The number of hydrogen-bond acceptors (Lipinski definition) is 3. The van der Waals surface area contributed by atoms with Gasteiger partial charge in [-0.2, -0.15) is 0 Å². The van der Waals surface area contributed by atoms with Gasteiger partial charge in [0.1, 0.15) is 5.82 Å². The molecule has 0 saturated heterocycles. The number of rotatable bonds is 1. The zero-order chi connectivity index (χ0) is 13.5. The third-order valence-electron chi connectivity index (χ3n) is 1.80. The van der Waals surface area contributed by atoms with Crippen LogP contribution in [0.3, 0.4) is 0 Å². The van der Waals surface area contributed by atoms with Crippen LogP contribution in [0.5, 0.6) is 0 Å². The highest BCUT2D eigenvalue weighted by Gasteiger charge is 2.04. The number of nitrogens with one attached hydrogen (secondary N) is 1.